The molecule has 1 amide bonds. The van der Waals surface area contributed by atoms with Crippen molar-refractivity contribution in [2.45, 2.75) is 38.4 Å². The highest BCUT2D eigenvalue weighted by molar-refractivity contribution is 5.73. The topological polar surface area (TPSA) is 23.6 Å². The molecule has 4 heteroatoms. The lowest BCUT2D eigenvalue weighted by molar-refractivity contribution is -0.132. The third kappa shape index (κ3) is 2.30. The van der Waals surface area contributed by atoms with Crippen LogP contribution < -0.4 is 0 Å². The molecule has 86 valence electrons. The standard InChI is InChI=1S/C11H19FN2O/c1-9(15)14-7-4-11(10(12)8-14)13-5-2-3-6-13/h10-11H,2-8H2,1H3. The summed E-state index contributed by atoms with van der Waals surface area (Å²) >= 11 is 0. The van der Waals surface area contributed by atoms with Gasteiger partial charge in [0.05, 0.1) is 6.54 Å². The van der Waals surface area contributed by atoms with Crippen molar-refractivity contribution in [2.75, 3.05) is 26.2 Å². The van der Waals surface area contributed by atoms with Gasteiger partial charge < -0.3 is 4.90 Å². The summed E-state index contributed by atoms with van der Waals surface area (Å²) in [5.74, 6) is -0.00229. The molecule has 0 aliphatic carbocycles. The van der Waals surface area contributed by atoms with E-state index in [9.17, 15) is 9.18 Å². The molecule has 2 aliphatic heterocycles. The van der Waals surface area contributed by atoms with Crippen LogP contribution in [0.4, 0.5) is 4.39 Å². The molecule has 2 aliphatic rings. The summed E-state index contributed by atoms with van der Waals surface area (Å²) in [6.45, 7) is 4.59. The van der Waals surface area contributed by atoms with Gasteiger partial charge in [0.15, 0.2) is 0 Å². The smallest absolute Gasteiger partial charge is 0.219 e. The number of rotatable bonds is 1. The maximum Gasteiger partial charge on any atom is 0.219 e. The summed E-state index contributed by atoms with van der Waals surface area (Å²) < 4.78 is 13.9. The number of nitrogens with zero attached hydrogens (tertiary/aromatic N) is 2. The van der Waals surface area contributed by atoms with Crippen LogP contribution in [0.2, 0.25) is 0 Å². The minimum atomic E-state index is -0.860. The lowest BCUT2D eigenvalue weighted by Crippen LogP contribution is -2.52. The van der Waals surface area contributed by atoms with Crippen molar-refractivity contribution in [3.63, 3.8) is 0 Å². The van der Waals surface area contributed by atoms with Crippen molar-refractivity contribution in [1.82, 2.24) is 9.80 Å². The first-order valence-corrected chi connectivity index (χ1v) is 5.82. The highest BCUT2D eigenvalue weighted by Crippen LogP contribution is 2.23. The van der Waals surface area contributed by atoms with E-state index in [-0.39, 0.29) is 18.5 Å². The van der Waals surface area contributed by atoms with Gasteiger partial charge in [-0.15, -0.1) is 0 Å². The Labute approximate surface area is 90.2 Å². The number of hydrogen-bond donors (Lipinski definition) is 0. The van der Waals surface area contributed by atoms with Crippen LogP contribution in [-0.2, 0) is 4.79 Å². The number of carbonyl (C=O) groups excluding carboxylic acids is 1. The van der Waals surface area contributed by atoms with Crippen LogP contribution in [0.15, 0.2) is 0 Å². The SMILES string of the molecule is CC(=O)N1CCC(N2CCCC2)C(F)C1. The summed E-state index contributed by atoms with van der Waals surface area (Å²) in [6.07, 6.45) is 2.32. The van der Waals surface area contributed by atoms with E-state index in [1.54, 1.807) is 4.90 Å². The van der Waals surface area contributed by atoms with Crippen LogP contribution in [0.25, 0.3) is 0 Å². The number of halogens is 1. The van der Waals surface area contributed by atoms with E-state index in [1.165, 1.54) is 19.8 Å². The lowest BCUT2D eigenvalue weighted by atomic mass is 10.0. The Morgan fingerprint density at radius 1 is 1.27 bits per heavy atom. The molecule has 0 bridgehead atoms. The number of amides is 1. The molecular weight excluding hydrogens is 195 g/mol. The predicted octanol–water partition coefficient (Wildman–Crippen LogP) is 1.04. The zero-order valence-corrected chi connectivity index (χ0v) is 9.29. The molecule has 0 radical (unpaired) electrons. The maximum absolute atomic E-state index is 13.9. The Morgan fingerprint density at radius 2 is 1.93 bits per heavy atom. The molecule has 2 saturated heterocycles. The van der Waals surface area contributed by atoms with Gasteiger partial charge in [0.2, 0.25) is 5.91 Å². The van der Waals surface area contributed by atoms with Crippen LogP contribution in [0.5, 0.6) is 0 Å². The fourth-order valence-corrected chi connectivity index (χ4v) is 2.66. The Hall–Kier alpha value is -0.640. The van der Waals surface area contributed by atoms with Gasteiger partial charge in [-0.1, -0.05) is 0 Å². The molecular formula is C11H19FN2O. The van der Waals surface area contributed by atoms with E-state index < -0.39 is 6.17 Å². The highest BCUT2D eigenvalue weighted by Gasteiger charge is 2.35. The van der Waals surface area contributed by atoms with E-state index in [0.29, 0.717) is 0 Å². The predicted molar refractivity (Wildman–Crippen MR) is 56.4 cm³/mol. The first kappa shape index (κ1) is 10.9. The minimum absolute atomic E-state index is 0.00229. The molecule has 0 N–H and O–H groups in total. The first-order chi connectivity index (χ1) is 7.18. The van der Waals surface area contributed by atoms with Gasteiger partial charge in [-0.2, -0.15) is 0 Å². The van der Waals surface area contributed by atoms with E-state index in [2.05, 4.69) is 4.90 Å². The zero-order chi connectivity index (χ0) is 10.8. The van der Waals surface area contributed by atoms with E-state index in [4.69, 9.17) is 0 Å². The molecule has 2 fully saturated rings. The molecule has 2 rings (SSSR count). The quantitative estimate of drug-likeness (QED) is 0.651. The Morgan fingerprint density at radius 3 is 2.47 bits per heavy atom. The van der Waals surface area contributed by atoms with Crippen LogP contribution in [-0.4, -0.2) is 54.1 Å². The van der Waals surface area contributed by atoms with Crippen molar-refractivity contribution < 1.29 is 9.18 Å². The number of alkyl halides is 1. The van der Waals surface area contributed by atoms with Crippen molar-refractivity contribution in [3.8, 4) is 0 Å². The molecule has 2 atom stereocenters. The van der Waals surface area contributed by atoms with Crippen molar-refractivity contribution >= 4 is 5.91 Å². The summed E-state index contributed by atoms with van der Waals surface area (Å²) in [6, 6.07) is 0.0584. The summed E-state index contributed by atoms with van der Waals surface area (Å²) in [7, 11) is 0. The van der Waals surface area contributed by atoms with E-state index in [1.807, 2.05) is 0 Å². The van der Waals surface area contributed by atoms with Gasteiger partial charge >= 0.3 is 0 Å². The lowest BCUT2D eigenvalue weighted by Gasteiger charge is -2.38. The second kappa shape index (κ2) is 4.47. The Bertz CT molecular complexity index is 241. The van der Waals surface area contributed by atoms with Gasteiger partial charge in [0, 0.05) is 19.5 Å². The largest absolute Gasteiger partial charge is 0.340 e. The normalized spacial score (nSPS) is 33.3. The van der Waals surface area contributed by atoms with Gasteiger partial charge in [0.25, 0.3) is 0 Å². The molecule has 15 heavy (non-hydrogen) atoms. The second-order valence-electron chi connectivity index (χ2n) is 4.58. The van der Waals surface area contributed by atoms with E-state index >= 15 is 0 Å². The van der Waals surface area contributed by atoms with Gasteiger partial charge in [-0.05, 0) is 32.4 Å². The number of carbonyl (C=O) groups is 1. The third-order valence-corrected chi connectivity index (χ3v) is 3.56. The summed E-state index contributed by atoms with van der Waals surface area (Å²) in [4.78, 5) is 15.0. The van der Waals surface area contributed by atoms with Crippen molar-refractivity contribution in [2.24, 2.45) is 0 Å². The fraction of sp³-hybridized carbons (Fsp3) is 0.909. The van der Waals surface area contributed by atoms with Crippen LogP contribution in [0.1, 0.15) is 26.2 Å². The first-order valence-electron chi connectivity index (χ1n) is 5.82. The molecule has 0 aromatic rings. The summed E-state index contributed by atoms with van der Waals surface area (Å²) in [5.41, 5.74) is 0. The minimum Gasteiger partial charge on any atom is -0.340 e. The maximum atomic E-state index is 13.9. The third-order valence-electron chi connectivity index (χ3n) is 3.56. The monoisotopic (exact) mass is 214 g/mol. The molecule has 2 unspecified atom stereocenters. The molecule has 0 aromatic carbocycles. The Balaban J connectivity index is 1.91. The van der Waals surface area contributed by atoms with Gasteiger partial charge in [0.1, 0.15) is 6.17 Å². The van der Waals surface area contributed by atoms with E-state index in [0.717, 1.165) is 26.1 Å². The molecule has 0 aromatic heterocycles. The average Bonchev–Trinajstić information content (AvgIpc) is 2.70. The van der Waals surface area contributed by atoms with Crippen molar-refractivity contribution in [3.05, 3.63) is 0 Å². The molecule has 0 saturated carbocycles. The number of piperidine rings is 1. The highest BCUT2D eigenvalue weighted by atomic mass is 19.1. The summed E-state index contributed by atoms with van der Waals surface area (Å²) in [5, 5.41) is 0. The van der Waals surface area contributed by atoms with Gasteiger partial charge in [-0.3, -0.25) is 9.69 Å². The molecule has 0 spiro atoms. The Kier molecular flexibility index (Phi) is 3.24. The second-order valence-corrected chi connectivity index (χ2v) is 4.58. The number of likely N-dealkylation sites (tertiary alicyclic amines) is 2. The fourth-order valence-electron chi connectivity index (χ4n) is 2.66. The van der Waals surface area contributed by atoms with Crippen molar-refractivity contribution in [1.29, 1.82) is 0 Å². The van der Waals surface area contributed by atoms with Crippen LogP contribution in [0.3, 0.4) is 0 Å². The molecule has 2 heterocycles. The van der Waals surface area contributed by atoms with Crippen LogP contribution >= 0.6 is 0 Å². The van der Waals surface area contributed by atoms with Crippen LogP contribution in [0, 0.1) is 0 Å². The zero-order valence-electron chi connectivity index (χ0n) is 9.29. The van der Waals surface area contributed by atoms with Gasteiger partial charge in [-0.25, -0.2) is 4.39 Å². The average molecular weight is 214 g/mol. The molecule has 3 nitrogen and oxygen atoms in total. The number of hydrogen-bond acceptors (Lipinski definition) is 2.